The second kappa shape index (κ2) is 6.20. The molecule has 1 aromatic rings. The van der Waals surface area contributed by atoms with E-state index in [4.69, 9.17) is 0 Å². The third-order valence-corrected chi connectivity index (χ3v) is 4.03. The normalized spacial score (nSPS) is 17.2. The fourth-order valence-electron chi connectivity index (χ4n) is 2.71. The number of amides is 1. The Morgan fingerprint density at radius 3 is 2.43 bits per heavy atom. The number of benzene rings is 1. The smallest absolute Gasteiger partial charge is 0.311 e. The van der Waals surface area contributed by atoms with Crippen LogP contribution >= 0.6 is 0 Å². The van der Waals surface area contributed by atoms with Gasteiger partial charge in [-0.2, -0.15) is 0 Å². The lowest BCUT2D eigenvalue weighted by atomic mass is 9.74. The Bertz CT molecular complexity index is 554. The standard InChI is InChI=1S/C15H17F2NO3/c16-10-4-5-11(12(17)8-10)13(19)18-9-15(14(20)21)6-2-1-3-7-15/h4-5,8H,1-3,6-7,9H2,(H,18,19)(H,20,21). The Kier molecular flexibility index (Phi) is 4.55. The van der Waals surface area contributed by atoms with E-state index in [-0.39, 0.29) is 12.1 Å². The van der Waals surface area contributed by atoms with Gasteiger partial charge in [-0.25, -0.2) is 8.78 Å². The van der Waals surface area contributed by atoms with Gasteiger partial charge in [0.05, 0.1) is 11.0 Å². The fraction of sp³-hybridized carbons (Fsp3) is 0.467. The predicted octanol–water partition coefficient (Wildman–Crippen LogP) is 2.73. The molecule has 2 N–H and O–H groups in total. The number of rotatable bonds is 4. The van der Waals surface area contributed by atoms with Crippen molar-refractivity contribution in [3.05, 3.63) is 35.4 Å². The number of hydrogen-bond acceptors (Lipinski definition) is 2. The molecule has 6 heteroatoms. The third kappa shape index (κ3) is 3.37. The molecule has 0 atom stereocenters. The van der Waals surface area contributed by atoms with Crippen LogP contribution in [0.2, 0.25) is 0 Å². The highest BCUT2D eigenvalue weighted by atomic mass is 19.1. The molecule has 0 unspecified atom stereocenters. The molecule has 0 spiro atoms. The van der Waals surface area contributed by atoms with Gasteiger partial charge in [-0.3, -0.25) is 9.59 Å². The summed E-state index contributed by atoms with van der Waals surface area (Å²) in [5.41, 5.74) is -1.27. The van der Waals surface area contributed by atoms with Crippen LogP contribution in [0.25, 0.3) is 0 Å². The summed E-state index contributed by atoms with van der Waals surface area (Å²) in [6, 6.07) is 2.67. The van der Waals surface area contributed by atoms with E-state index in [1.165, 1.54) is 0 Å². The van der Waals surface area contributed by atoms with E-state index >= 15 is 0 Å². The van der Waals surface area contributed by atoms with E-state index < -0.39 is 28.9 Å². The molecule has 0 bridgehead atoms. The zero-order valence-corrected chi connectivity index (χ0v) is 11.5. The zero-order valence-electron chi connectivity index (χ0n) is 11.5. The lowest BCUT2D eigenvalue weighted by molar-refractivity contribution is -0.150. The van der Waals surface area contributed by atoms with Crippen LogP contribution in [0.5, 0.6) is 0 Å². The third-order valence-electron chi connectivity index (χ3n) is 4.03. The minimum absolute atomic E-state index is 0.0437. The molecule has 0 aromatic heterocycles. The first kappa shape index (κ1) is 15.4. The number of carbonyl (C=O) groups excluding carboxylic acids is 1. The minimum atomic E-state index is -0.982. The first-order chi connectivity index (χ1) is 9.94. The highest BCUT2D eigenvalue weighted by Gasteiger charge is 2.39. The van der Waals surface area contributed by atoms with Gasteiger partial charge in [0, 0.05) is 12.6 Å². The first-order valence-electron chi connectivity index (χ1n) is 6.91. The second-order valence-electron chi connectivity index (χ2n) is 5.45. The predicted molar refractivity (Wildman–Crippen MR) is 71.8 cm³/mol. The van der Waals surface area contributed by atoms with Gasteiger partial charge >= 0.3 is 5.97 Å². The SMILES string of the molecule is O=C(NCC1(C(=O)O)CCCCC1)c1ccc(F)cc1F. The van der Waals surface area contributed by atoms with Crippen LogP contribution in [-0.4, -0.2) is 23.5 Å². The van der Waals surface area contributed by atoms with Gasteiger partial charge < -0.3 is 10.4 Å². The Balaban J connectivity index is 2.07. The molecular formula is C15H17F2NO3. The number of carboxylic acid groups (broad SMARTS) is 1. The van der Waals surface area contributed by atoms with Crippen molar-refractivity contribution in [3.63, 3.8) is 0 Å². The van der Waals surface area contributed by atoms with Crippen molar-refractivity contribution in [1.82, 2.24) is 5.32 Å². The second-order valence-corrected chi connectivity index (χ2v) is 5.45. The minimum Gasteiger partial charge on any atom is -0.481 e. The quantitative estimate of drug-likeness (QED) is 0.898. The van der Waals surface area contributed by atoms with Crippen LogP contribution in [0.1, 0.15) is 42.5 Å². The summed E-state index contributed by atoms with van der Waals surface area (Å²) in [7, 11) is 0. The maximum absolute atomic E-state index is 13.5. The van der Waals surface area contributed by atoms with Gasteiger partial charge in [-0.15, -0.1) is 0 Å². The molecule has 0 heterocycles. The van der Waals surface area contributed by atoms with Crippen molar-refractivity contribution in [1.29, 1.82) is 0 Å². The van der Waals surface area contributed by atoms with E-state index in [1.54, 1.807) is 0 Å². The molecule has 1 amide bonds. The van der Waals surface area contributed by atoms with Crippen LogP contribution in [0, 0.1) is 17.0 Å². The molecule has 0 radical (unpaired) electrons. The molecular weight excluding hydrogens is 280 g/mol. The molecule has 4 nitrogen and oxygen atoms in total. The molecule has 1 fully saturated rings. The number of carbonyl (C=O) groups is 2. The van der Waals surface area contributed by atoms with E-state index in [1.807, 2.05) is 0 Å². The Labute approximate surface area is 121 Å². The number of halogens is 2. The van der Waals surface area contributed by atoms with Crippen LogP contribution in [-0.2, 0) is 4.79 Å². The highest BCUT2D eigenvalue weighted by molar-refractivity contribution is 5.94. The molecule has 21 heavy (non-hydrogen) atoms. The van der Waals surface area contributed by atoms with Crippen molar-refractivity contribution in [2.24, 2.45) is 5.41 Å². The number of aliphatic carboxylic acids is 1. The zero-order chi connectivity index (χ0) is 15.5. The molecule has 1 aliphatic rings. The first-order valence-corrected chi connectivity index (χ1v) is 6.91. The van der Waals surface area contributed by atoms with Gasteiger partial charge in [-0.1, -0.05) is 19.3 Å². The summed E-state index contributed by atoms with van der Waals surface area (Å²) in [6.07, 6.45) is 3.57. The number of nitrogens with one attached hydrogen (secondary N) is 1. The number of carboxylic acids is 1. The van der Waals surface area contributed by atoms with Gasteiger partial charge in [0.25, 0.3) is 5.91 Å². The Morgan fingerprint density at radius 1 is 1.19 bits per heavy atom. The van der Waals surface area contributed by atoms with Crippen molar-refractivity contribution >= 4 is 11.9 Å². The average molecular weight is 297 g/mol. The largest absolute Gasteiger partial charge is 0.481 e. The molecule has 1 aromatic carbocycles. The molecule has 0 aliphatic heterocycles. The van der Waals surface area contributed by atoms with Gasteiger partial charge in [0.2, 0.25) is 0 Å². The summed E-state index contributed by atoms with van der Waals surface area (Å²) in [5.74, 6) is -3.39. The van der Waals surface area contributed by atoms with E-state index in [2.05, 4.69) is 5.32 Å². The van der Waals surface area contributed by atoms with Crippen LogP contribution in [0.15, 0.2) is 18.2 Å². The van der Waals surface area contributed by atoms with Crippen molar-refractivity contribution in [2.75, 3.05) is 6.54 Å². The van der Waals surface area contributed by atoms with E-state index in [9.17, 15) is 23.5 Å². The summed E-state index contributed by atoms with van der Waals surface area (Å²) >= 11 is 0. The Hall–Kier alpha value is -1.98. The van der Waals surface area contributed by atoms with Crippen LogP contribution < -0.4 is 5.32 Å². The van der Waals surface area contributed by atoms with Gasteiger partial charge in [-0.05, 0) is 25.0 Å². The van der Waals surface area contributed by atoms with E-state index in [0.29, 0.717) is 18.9 Å². The molecule has 0 saturated heterocycles. The van der Waals surface area contributed by atoms with Crippen LogP contribution in [0.3, 0.4) is 0 Å². The van der Waals surface area contributed by atoms with Crippen LogP contribution in [0.4, 0.5) is 8.78 Å². The monoisotopic (exact) mass is 297 g/mol. The van der Waals surface area contributed by atoms with Crippen molar-refractivity contribution in [3.8, 4) is 0 Å². The lowest BCUT2D eigenvalue weighted by Gasteiger charge is -2.33. The summed E-state index contributed by atoms with van der Waals surface area (Å²) in [6.45, 7) is -0.0437. The van der Waals surface area contributed by atoms with Crippen molar-refractivity contribution < 1.29 is 23.5 Å². The molecule has 1 aliphatic carbocycles. The molecule has 114 valence electrons. The summed E-state index contributed by atoms with van der Waals surface area (Å²) in [4.78, 5) is 23.4. The lowest BCUT2D eigenvalue weighted by Crippen LogP contribution is -2.44. The summed E-state index contributed by atoms with van der Waals surface area (Å²) < 4.78 is 26.3. The highest BCUT2D eigenvalue weighted by Crippen LogP contribution is 2.36. The maximum atomic E-state index is 13.5. The fourth-order valence-corrected chi connectivity index (χ4v) is 2.71. The number of hydrogen-bond donors (Lipinski definition) is 2. The van der Waals surface area contributed by atoms with Gasteiger partial charge in [0.1, 0.15) is 11.6 Å². The van der Waals surface area contributed by atoms with E-state index in [0.717, 1.165) is 31.4 Å². The maximum Gasteiger partial charge on any atom is 0.311 e. The Morgan fingerprint density at radius 2 is 1.86 bits per heavy atom. The summed E-state index contributed by atoms with van der Waals surface area (Å²) in [5, 5.41) is 11.9. The molecule has 2 rings (SSSR count). The van der Waals surface area contributed by atoms with Gasteiger partial charge in [0.15, 0.2) is 0 Å². The average Bonchev–Trinajstić information content (AvgIpc) is 2.45. The topological polar surface area (TPSA) is 66.4 Å². The van der Waals surface area contributed by atoms with Crippen molar-refractivity contribution in [2.45, 2.75) is 32.1 Å². The molecule has 1 saturated carbocycles.